The molecule has 0 unspecified atom stereocenters. The van der Waals surface area contributed by atoms with E-state index in [2.05, 4.69) is 42.7 Å². The summed E-state index contributed by atoms with van der Waals surface area (Å²) < 4.78 is 12.2. The van der Waals surface area contributed by atoms with Gasteiger partial charge in [0.05, 0.1) is 18.6 Å². The number of rotatable bonds is 5. The fourth-order valence-electron chi connectivity index (χ4n) is 9.58. The highest BCUT2D eigenvalue weighted by Gasteiger charge is 2.80. The molecule has 7 rings (SSSR count). The predicted octanol–water partition coefficient (Wildman–Crippen LogP) is 6.65. The van der Waals surface area contributed by atoms with E-state index in [0.29, 0.717) is 17.4 Å². The Labute approximate surface area is 204 Å². The summed E-state index contributed by atoms with van der Waals surface area (Å²) in [5, 5.41) is 0.751. The minimum absolute atomic E-state index is 0.147. The molecule has 5 fully saturated rings. The first-order valence-electron chi connectivity index (χ1n) is 13.8. The topological polar surface area (TPSA) is 28.9 Å². The molecule has 2 aliphatic heterocycles. The average Bonchev–Trinajstić information content (AvgIpc) is 3.23. The summed E-state index contributed by atoms with van der Waals surface area (Å²) in [6.07, 6.45) is 19.3. The monoisotopic (exact) mass is 467 g/mol. The molecule has 0 aromatic carbocycles. The SMILES string of the molecule is C[C@]12CC[C@H](SCCN3CCCC3)C=C1CC[C@@H]1[C@@H]2CC[C@]2(C)[C@@H](c3ccoc3)C[C@H]3O[C@]132. The first-order chi connectivity index (χ1) is 16.0. The van der Waals surface area contributed by atoms with E-state index in [1.54, 1.807) is 0 Å². The maximum Gasteiger partial charge on any atom is 0.104 e. The molecule has 2 saturated heterocycles. The lowest BCUT2D eigenvalue weighted by Crippen LogP contribution is -2.56. The third-order valence-corrected chi connectivity index (χ3v) is 12.6. The van der Waals surface area contributed by atoms with E-state index in [0.717, 1.165) is 17.1 Å². The second-order valence-electron chi connectivity index (χ2n) is 12.6. The smallest absolute Gasteiger partial charge is 0.104 e. The van der Waals surface area contributed by atoms with Crippen LogP contribution in [0.1, 0.15) is 83.1 Å². The van der Waals surface area contributed by atoms with Crippen LogP contribution in [0.3, 0.4) is 0 Å². The number of ether oxygens (including phenoxy) is 1. The van der Waals surface area contributed by atoms with Gasteiger partial charge in [0, 0.05) is 23.0 Å². The second-order valence-corrected chi connectivity index (χ2v) is 13.9. The zero-order valence-electron chi connectivity index (χ0n) is 20.6. The van der Waals surface area contributed by atoms with Gasteiger partial charge in [-0.05, 0) is 106 Å². The van der Waals surface area contributed by atoms with E-state index in [4.69, 9.17) is 9.15 Å². The summed E-state index contributed by atoms with van der Waals surface area (Å²) in [5.41, 5.74) is 4.07. The minimum Gasteiger partial charge on any atom is -0.472 e. The minimum atomic E-state index is 0.147. The van der Waals surface area contributed by atoms with E-state index in [-0.39, 0.29) is 11.0 Å². The number of allylic oxidation sites excluding steroid dienone is 1. The molecular formula is C29H41NO2S. The molecule has 0 N–H and O–H groups in total. The Kier molecular flexibility index (Phi) is 4.99. The number of furan rings is 1. The quantitative estimate of drug-likeness (QED) is 0.358. The molecule has 0 amide bonds. The van der Waals surface area contributed by atoms with Gasteiger partial charge in [-0.15, -0.1) is 0 Å². The highest BCUT2D eigenvalue weighted by atomic mass is 32.2. The molecule has 4 heteroatoms. The highest BCUT2D eigenvalue weighted by Crippen LogP contribution is 2.77. The first-order valence-corrected chi connectivity index (χ1v) is 14.8. The average molecular weight is 468 g/mol. The van der Waals surface area contributed by atoms with Crippen LogP contribution in [-0.4, -0.2) is 47.2 Å². The molecule has 6 aliphatic rings. The number of hydrogen-bond acceptors (Lipinski definition) is 4. The van der Waals surface area contributed by atoms with Gasteiger partial charge in [-0.2, -0.15) is 11.8 Å². The van der Waals surface area contributed by atoms with Crippen LogP contribution >= 0.6 is 11.8 Å². The van der Waals surface area contributed by atoms with Gasteiger partial charge in [-0.3, -0.25) is 0 Å². The number of epoxide rings is 1. The summed E-state index contributed by atoms with van der Waals surface area (Å²) in [6.45, 7) is 9.16. The van der Waals surface area contributed by atoms with E-state index in [9.17, 15) is 0 Å². The van der Waals surface area contributed by atoms with Crippen LogP contribution in [0.5, 0.6) is 0 Å². The lowest BCUT2D eigenvalue weighted by molar-refractivity contribution is -0.0792. The fraction of sp³-hybridized carbons (Fsp3) is 0.793. The molecule has 4 aliphatic carbocycles. The second kappa shape index (κ2) is 7.64. The molecule has 1 aromatic heterocycles. The third-order valence-electron chi connectivity index (χ3n) is 11.4. The molecule has 0 radical (unpaired) electrons. The van der Waals surface area contributed by atoms with Crippen molar-refractivity contribution in [3.05, 3.63) is 35.8 Å². The summed E-state index contributed by atoms with van der Waals surface area (Å²) >= 11 is 2.24. The van der Waals surface area contributed by atoms with E-state index in [1.807, 2.05) is 18.1 Å². The van der Waals surface area contributed by atoms with Crippen molar-refractivity contribution in [2.45, 2.75) is 94.5 Å². The van der Waals surface area contributed by atoms with Gasteiger partial charge in [-0.25, -0.2) is 0 Å². The Hall–Kier alpha value is -0.710. The Bertz CT molecular complexity index is 922. The Morgan fingerprint density at radius 3 is 2.79 bits per heavy atom. The molecule has 3 heterocycles. The van der Waals surface area contributed by atoms with Crippen LogP contribution in [0, 0.1) is 22.7 Å². The molecule has 180 valence electrons. The zero-order chi connectivity index (χ0) is 22.3. The van der Waals surface area contributed by atoms with Crippen molar-refractivity contribution in [2.24, 2.45) is 22.7 Å². The van der Waals surface area contributed by atoms with E-state index >= 15 is 0 Å². The van der Waals surface area contributed by atoms with Crippen molar-refractivity contribution < 1.29 is 9.15 Å². The molecule has 3 saturated carbocycles. The predicted molar refractivity (Wildman–Crippen MR) is 135 cm³/mol. The maximum absolute atomic E-state index is 6.73. The van der Waals surface area contributed by atoms with Crippen LogP contribution in [0.15, 0.2) is 34.7 Å². The normalized spacial score (nSPS) is 48.5. The number of fused-ring (bicyclic) bond motifs is 3. The highest BCUT2D eigenvalue weighted by molar-refractivity contribution is 8.00. The largest absolute Gasteiger partial charge is 0.472 e. The number of thioether (sulfide) groups is 1. The van der Waals surface area contributed by atoms with E-state index < -0.39 is 0 Å². The zero-order valence-corrected chi connectivity index (χ0v) is 21.4. The summed E-state index contributed by atoms with van der Waals surface area (Å²) in [4.78, 5) is 2.67. The molecule has 1 aromatic rings. The van der Waals surface area contributed by atoms with Gasteiger partial charge in [0.1, 0.15) is 5.60 Å². The Morgan fingerprint density at radius 2 is 1.97 bits per heavy atom. The molecular weight excluding hydrogens is 426 g/mol. The fourth-order valence-corrected chi connectivity index (χ4v) is 10.8. The van der Waals surface area contributed by atoms with Crippen LogP contribution in [0.25, 0.3) is 0 Å². The lowest BCUT2D eigenvalue weighted by atomic mass is 9.46. The van der Waals surface area contributed by atoms with Gasteiger partial charge >= 0.3 is 0 Å². The van der Waals surface area contributed by atoms with Gasteiger partial charge < -0.3 is 14.1 Å². The Morgan fingerprint density at radius 1 is 1.09 bits per heavy atom. The van der Waals surface area contributed by atoms with Gasteiger partial charge in [-0.1, -0.05) is 25.5 Å². The van der Waals surface area contributed by atoms with Gasteiger partial charge in [0.15, 0.2) is 0 Å². The summed E-state index contributed by atoms with van der Waals surface area (Å²) in [6, 6.07) is 2.21. The van der Waals surface area contributed by atoms with Crippen molar-refractivity contribution in [3.63, 3.8) is 0 Å². The number of hydrogen-bond donors (Lipinski definition) is 0. The van der Waals surface area contributed by atoms with Gasteiger partial charge in [0.2, 0.25) is 0 Å². The van der Waals surface area contributed by atoms with Crippen molar-refractivity contribution in [2.75, 3.05) is 25.4 Å². The molecule has 8 atom stereocenters. The van der Waals surface area contributed by atoms with Crippen LogP contribution in [0.4, 0.5) is 0 Å². The third kappa shape index (κ3) is 3.02. The van der Waals surface area contributed by atoms with Crippen molar-refractivity contribution in [1.29, 1.82) is 0 Å². The summed E-state index contributed by atoms with van der Waals surface area (Å²) in [5.74, 6) is 3.49. The molecule has 33 heavy (non-hydrogen) atoms. The van der Waals surface area contributed by atoms with Crippen molar-refractivity contribution in [3.8, 4) is 0 Å². The van der Waals surface area contributed by atoms with Crippen molar-refractivity contribution >= 4 is 11.8 Å². The van der Waals surface area contributed by atoms with Gasteiger partial charge in [0.25, 0.3) is 0 Å². The number of likely N-dealkylation sites (tertiary alicyclic amines) is 1. The molecule has 3 nitrogen and oxygen atoms in total. The van der Waals surface area contributed by atoms with Crippen LogP contribution < -0.4 is 0 Å². The molecule has 0 bridgehead atoms. The number of nitrogens with zero attached hydrogens (tertiary/aromatic N) is 1. The lowest BCUT2D eigenvalue weighted by Gasteiger charge is -2.58. The van der Waals surface area contributed by atoms with Crippen molar-refractivity contribution in [1.82, 2.24) is 4.90 Å². The Balaban J connectivity index is 1.08. The van der Waals surface area contributed by atoms with Crippen LogP contribution in [0.2, 0.25) is 0 Å². The summed E-state index contributed by atoms with van der Waals surface area (Å²) in [7, 11) is 0. The van der Waals surface area contributed by atoms with E-state index in [1.165, 1.54) is 88.7 Å². The molecule has 1 spiro atoms. The standard InChI is InChI=1S/C29H41NO2S/c1-27-10-7-22(33-16-14-30-12-3-4-13-30)17-21(27)5-6-24-23(27)8-11-28(2)25(20-9-15-31-19-20)18-26-29(24,28)32-26/h9,15,17,19,22-26H,3-8,10-14,16,18H2,1-2H3/t22-,23-,24+,25+,26+,27-,28+,29+/m0/s1. The first kappa shape index (κ1) is 21.6. The maximum atomic E-state index is 6.73. The van der Waals surface area contributed by atoms with Crippen LogP contribution in [-0.2, 0) is 4.74 Å².